The number of benzene rings is 1. The molecule has 0 aliphatic carbocycles. The van der Waals surface area contributed by atoms with Crippen molar-refractivity contribution >= 4 is 6.03 Å². The maximum Gasteiger partial charge on any atom is 0.319 e. The van der Waals surface area contributed by atoms with Crippen molar-refractivity contribution in [1.82, 2.24) is 10.6 Å². The molecule has 0 saturated carbocycles. The van der Waals surface area contributed by atoms with Crippen LogP contribution in [0.15, 0.2) is 36.5 Å². The van der Waals surface area contributed by atoms with E-state index in [1.165, 1.54) is 0 Å². The lowest BCUT2D eigenvalue weighted by atomic mass is 10.1. The van der Waals surface area contributed by atoms with Crippen LogP contribution in [0, 0.1) is 11.8 Å². The molecule has 92 valence electrons. The maximum absolute atomic E-state index is 11.2. The third-order valence-corrected chi connectivity index (χ3v) is 2.60. The molecule has 4 nitrogen and oxygen atoms in total. The molecule has 1 atom stereocenters. The van der Waals surface area contributed by atoms with Gasteiger partial charge >= 0.3 is 6.03 Å². The van der Waals surface area contributed by atoms with Gasteiger partial charge in [-0.15, -0.1) is 5.92 Å². The Kier molecular flexibility index (Phi) is 3.54. The Morgan fingerprint density at radius 2 is 2.11 bits per heavy atom. The van der Waals surface area contributed by atoms with E-state index in [2.05, 4.69) is 29.1 Å². The number of urea groups is 1. The molecular weight excluding hydrogens is 228 g/mol. The zero-order valence-electron chi connectivity index (χ0n) is 10.1. The molecular formula is C14H14N2O2. The van der Waals surface area contributed by atoms with Gasteiger partial charge in [0.2, 0.25) is 0 Å². The first-order chi connectivity index (χ1) is 8.70. The Hall–Kier alpha value is -2.41. The van der Waals surface area contributed by atoms with E-state index in [1.807, 2.05) is 24.3 Å². The van der Waals surface area contributed by atoms with Crippen LogP contribution < -0.4 is 15.4 Å². The number of carbonyl (C=O) groups excluding carboxylic acids is 1. The molecule has 0 spiro atoms. The summed E-state index contributed by atoms with van der Waals surface area (Å²) in [5.41, 5.74) is 1.62. The fourth-order valence-corrected chi connectivity index (χ4v) is 1.70. The fourth-order valence-electron chi connectivity index (χ4n) is 1.70. The van der Waals surface area contributed by atoms with Crippen LogP contribution in [0.4, 0.5) is 4.79 Å². The number of ether oxygens (including phenoxy) is 1. The lowest BCUT2D eigenvalue weighted by Crippen LogP contribution is -2.21. The van der Waals surface area contributed by atoms with E-state index in [-0.39, 0.29) is 12.1 Å². The van der Waals surface area contributed by atoms with Gasteiger partial charge in [-0.25, -0.2) is 4.79 Å². The zero-order chi connectivity index (χ0) is 13.0. The van der Waals surface area contributed by atoms with Crippen LogP contribution in [-0.2, 0) is 0 Å². The Labute approximate surface area is 106 Å². The summed E-state index contributed by atoms with van der Waals surface area (Å²) in [4.78, 5) is 11.2. The number of amides is 2. The Balaban J connectivity index is 2.05. The molecule has 1 unspecified atom stereocenters. The van der Waals surface area contributed by atoms with E-state index < -0.39 is 0 Å². The summed E-state index contributed by atoms with van der Waals surface area (Å²) in [6.45, 7) is 5.95. The van der Waals surface area contributed by atoms with Gasteiger partial charge in [0.05, 0.1) is 6.04 Å². The topological polar surface area (TPSA) is 50.4 Å². The van der Waals surface area contributed by atoms with Gasteiger partial charge in [0.1, 0.15) is 12.4 Å². The van der Waals surface area contributed by atoms with Crippen molar-refractivity contribution in [2.75, 3.05) is 6.61 Å². The predicted molar refractivity (Wildman–Crippen MR) is 68.9 cm³/mol. The Morgan fingerprint density at radius 1 is 1.39 bits per heavy atom. The SMILES string of the molecule is C=C1NC(=O)NC1c1ccc(OCC#CC)cc1. The van der Waals surface area contributed by atoms with Crippen molar-refractivity contribution in [2.45, 2.75) is 13.0 Å². The highest BCUT2D eigenvalue weighted by Crippen LogP contribution is 2.24. The van der Waals surface area contributed by atoms with Crippen molar-refractivity contribution in [3.05, 3.63) is 42.1 Å². The van der Waals surface area contributed by atoms with Crippen molar-refractivity contribution in [3.8, 4) is 17.6 Å². The van der Waals surface area contributed by atoms with Gasteiger partial charge in [0.25, 0.3) is 0 Å². The zero-order valence-corrected chi connectivity index (χ0v) is 10.1. The van der Waals surface area contributed by atoms with Crippen LogP contribution in [0.2, 0.25) is 0 Å². The molecule has 1 saturated heterocycles. The third-order valence-electron chi connectivity index (χ3n) is 2.60. The third kappa shape index (κ3) is 2.64. The maximum atomic E-state index is 11.2. The van der Waals surface area contributed by atoms with Crippen molar-refractivity contribution in [1.29, 1.82) is 0 Å². The summed E-state index contributed by atoms with van der Waals surface area (Å²) in [6, 6.07) is 7.11. The molecule has 1 aliphatic rings. The molecule has 1 heterocycles. The van der Waals surface area contributed by atoms with Gasteiger partial charge in [0.15, 0.2) is 0 Å². The molecule has 2 amide bonds. The van der Waals surface area contributed by atoms with Crippen molar-refractivity contribution in [3.63, 3.8) is 0 Å². The summed E-state index contributed by atoms with van der Waals surface area (Å²) < 4.78 is 5.41. The van der Waals surface area contributed by atoms with E-state index in [0.29, 0.717) is 12.3 Å². The summed E-state index contributed by atoms with van der Waals surface area (Å²) in [5.74, 6) is 6.34. The Bertz CT molecular complexity index is 523. The molecule has 4 heteroatoms. The molecule has 1 aromatic carbocycles. The lowest BCUT2D eigenvalue weighted by molar-refractivity contribution is 0.247. The van der Waals surface area contributed by atoms with Gasteiger partial charge in [-0.05, 0) is 24.6 Å². The van der Waals surface area contributed by atoms with E-state index >= 15 is 0 Å². The van der Waals surface area contributed by atoms with Crippen LogP contribution in [0.1, 0.15) is 18.5 Å². The number of carbonyl (C=O) groups is 1. The lowest BCUT2D eigenvalue weighted by Gasteiger charge is -2.11. The first kappa shape index (κ1) is 12.1. The molecule has 1 fully saturated rings. The van der Waals surface area contributed by atoms with Gasteiger partial charge in [-0.3, -0.25) is 0 Å². The van der Waals surface area contributed by atoms with Crippen LogP contribution in [0.25, 0.3) is 0 Å². The summed E-state index contributed by atoms with van der Waals surface area (Å²) >= 11 is 0. The highest BCUT2D eigenvalue weighted by Gasteiger charge is 2.25. The molecule has 2 N–H and O–H groups in total. The molecule has 0 aromatic heterocycles. The molecule has 1 aliphatic heterocycles. The second kappa shape index (κ2) is 5.28. The van der Waals surface area contributed by atoms with E-state index in [0.717, 1.165) is 11.3 Å². The minimum atomic E-state index is -0.219. The molecule has 0 radical (unpaired) electrons. The molecule has 0 bridgehead atoms. The molecule has 18 heavy (non-hydrogen) atoms. The van der Waals surface area contributed by atoms with Crippen LogP contribution in [0.5, 0.6) is 5.75 Å². The van der Waals surface area contributed by atoms with E-state index in [4.69, 9.17) is 4.74 Å². The smallest absolute Gasteiger partial charge is 0.319 e. The number of rotatable bonds is 3. The monoisotopic (exact) mass is 242 g/mol. The minimum absolute atomic E-state index is 0.179. The van der Waals surface area contributed by atoms with E-state index in [1.54, 1.807) is 6.92 Å². The second-order valence-electron chi connectivity index (χ2n) is 3.84. The van der Waals surface area contributed by atoms with Crippen molar-refractivity contribution in [2.24, 2.45) is 0 Å². The van der Waals surface area contributed by atoms with Gasteiger partial charge in [0, 0.05) is 5.70 Å². The summed E-state index contributed by atoms with van der Waals surface area (Å²) in [6.07, 6.45) is 0. The number of hydrogen-bond donors (Lipinski definition) is 2. The van der Waals surface area contributed by atoms with E-state index in [9.17, 15) is 4.79 Å². The molecule has 2 rings (SSSR count). The van der Waals surface area contributed by atoms with Gasteiger partial charge in [-0.2, -0.15) is 0 Å². The summed E-state index contributed by atoms with van der Waals surface area (Å²) in [7, 11) is 0. The van der Waals surface area contributed by atoms with Crippen molar-refractivity contribution < 1.29 is 9.53 Å². The summed E-state index contributed by atoms with van der Waals surface area (Å²) in [5, 5.41) is 5.41. The Morgan fingerprint density at radius 3 is 2.67 bits per heavy atom. The van der Waals surface area contributed by atoms with Crippen LogP contribution in [0.3, 0.4) is 0 Å². The average molecular weight is 242 g/mol. The number of hydrogen-bond acceptors (Lipinski definition) is 2. The average Bonchev–Trinajstić information content (AvgIpc) is 2.70. The molecule has 1 aromatic rings. The van der Waals surface area contributed by atoms with Crippen LogP contribution in [-0.4, -0.2) is 12.6 Å². The fraction of sp³-hybridized carbons (Fsp3) is 0.214. The first-order valence-corrected chi connectivity index (χ1v) is 5.59. The standard InChI is InChI=1S/C14H14N2O2/c1-3-4-9-18-12-7-5-11(6-8-12)13-10(2)15-14(17)16-13/h5-8,13H,2,9H2,1H3,(H2,15,16,17). The van der Waals surface area contributed by atoms with Gasteiger partial charge < -0.3 is 15.4 Å². The minimum Gasteiger partial charge on any atom is -0.481 e. The second-order valence-corrected chi connectivity index (χ2v) is 3.84. The highest BCUT2D eigenvalue weighted by molar-refractivity contribution is 5.80. The largest absolute Gasteiger partial charge is 0.481 e. The first-order valence-electron chi connectivity index (χ1n) is 5.59. The quantitative estimate of drug-likeness (QED) is 0.796. The normalized spacial score (nSPS) is 17.5. The highest BCUT2D eigenvalue weighted by atomic mass is 16.5. The predicted octanol–water partition coefficient (Wildman–Crippen LogP) is 1.96. The van der Waals surface area contributed by atoms with Crippen LogP contribution >= 0.6 is 0 Å². The van der Waals surface area contributed by atoms with Gasteiger partial charge in [-0.1, -0.05) is 24.6 Å². The number of nitrogens with one attached hydrogen (secondary N) is 2.